The zero-order valence-corrected chi connectivity index (χ0v) is 13.4. The maximum Gasteiger partial charge on any atom is 0.281 e. The number of hydroxylamine groups is 2. The van der Waals surface area contributed by atoms with E-state index in [0.717, 1.165) is 5.56 Å². The Balaban J connectivity index is 0. The standard InChI is InChI=1S/C14H17NO2.C2H6.CHN/c1-4-6-13(5-2)15(17)14(16)12-9-7-11(3)8-10-12;2*1-2/h4-10,17H,1-3H3;1-2H3;1H/b6-4-,13-5+;;. The zero-order valence-electron chi connectivity index (χ0n) is 13.4. The van der Waals surface area contributed by atoms with Crippen LogP contribution in [0.4, 0.5) is 0 Å². The van der Waals surface area contributed by atoms with Crippen LogP contribution in [0, 0.1) is 18.8 Å². The summed E-state index contributed by atoms with van der Waals surface area (Å²) in [5, 5.41) is 17.0. The lowest BCUT2D eigenvalue weighted by atomic mass is 10.1. The molecule has 0 bridgehead atoms. The summed E-state index contributed by atoms with van der Waals surface area (Å²) in [6, 6.07) is 7.08. The van der Waals surface area contributed by atoms with Crippen LogP contribution in [0.5, 0.6) is 0 Å². The molecule has 0 atom stereocenters. The minimum Gasteiger partial charge on any atom is -0.281 e. The molecule has 0 heterocycles. The van der Waals surface area contributed by atoms with Crippen LogP contribution in [0.25, 0.3) is 0 Å². The third kappa shape index (κ3) is 7.09. The number of rotatable bonds is 3. The lowest BCUT2D eigenvalue weighted by molar-refractivity contribution is -0.0277. The van der Waals surface area contributed by atoms with Gasteiger partial charge in [0.05, 0.1) is 5.70 Å². The van der Waals surface area contributed by atoms with Crippen LogP contribution in [0.2, 0.25) is 0 Å². The zero-order chi connectivity index (χ0) is 16.8. The molecule has 0 aliphatic carbocycles. The Morgan fingerprint density at radius 3 is 2.05 bits per heavy atom. The molecule has 0 spiro atoms. The van der Waals surface area contributed by atoms with Crippen molar-refractivity contribution >= 4 is 5.91 Å². The van der Waals surface area contributed by atoms with Crippen LogP contribution >= 0.6 is 0 Å². The minimum atomic E-state index is -0.434. The van der Waals surface area contributed by atoms with Crippen LogP contribution in [0.3, 0.4) is 0 Å². The molecule has 1 amide bonds. The second kappa shape index (κ2) is 12.6. The van der Waals surface area contributed by atoms with E-state index in [1.54, 1.807) is 37.3 Å². The number of nitriles is 1. The molecule has 21 heavy (non-hydrogen) atoms. The minimum absolute atomic E-state index is 0.434. The number of hydrogen-bond donors (Lipinski definition) is 1. The van der Waals surface area contributed by atoms with Crippen molar-refractivity contribution in [1.29, 1.82) is 5.26 Å². The smallest absolute Gasteiger partial charge is 0.281 e. The molecule has 1 aromatic rings. The van der Waals surface area contributed by atoms with Gasteiger partial charge in [-0.15, -0.1) is 0 Å². The maximum absolute atomic E-state index is 11.9. The molecule has 0 aliphatic rings. The SMILES string of the molecule is C#N.C/C=C\C(=C/C)N(O)C(=O)c1ccc(C)cc1.CC. The van der Waals surface area contributed by atoms with Gasteiger partial charge in [0.15, 0.2) is 0 Å². The number of amides is 1. The molecule has 0 aliphatic heterocycles. The molecule has 114 valence electrons. The predicted molar refractivity (Wildman–Crippen MR) is 85.7 cm³/mol. The summed E-state index contributed by atoms with van der Waals surface area (Å²) in [5.41, 5.74) is 1.99. The van der Waals surface area contributed by atoms with E-state index >= 15 is 0 Å². The van der Waals surface area contributed by atoms with Gasteiger partial charge >= 0.3 is 0 Å². The van der Waals surface area contributed by atoms with Crippen molar-refractivity contribution in [3.8, 4) is 6.57 Å². The molecule has 0 unspecified atom stereocenters. The van der Waals surface area contributed by atoms with Crippen molar-refractivity contribution in [2.45, 2.75) is 34.6 Å². The lowest BCUT2D eigenvalue weighted by Crippen LogP contribution is -2.25. The van der Waals surface area contributed by atoms with Gasteiger partial charge in [-0.2, -0.15) is 5.06 Å². The summed E-state index contributed by atoms with van der Waals surface area (Å²) in [7, 11) is 0. The number of hydrogen-bond acceptors (Lipinski definition) is 3. The second-order valence-electron chi connectivity index (χ2n) is 3.70. The number of nitrogens with zero attached hydrogens (tertiary/aromatic N) is 2. The number of carbonyl (C=O) groups excluding carboxylic acids is 1. The third-order valence-corrected chi connectivity index (χ3v) is 2.37. The van der Waals surface area contributed by atoms with Gasteiger partial charge in [0, 0.05) is 12.1 Å². The summed E-state index contributed by atoms with van der Waals surface area (Å²) in [6.45, 7) is 13.0. The first-order valence-corrected chi connectivity index (χ1v) is 6.75. The van der Waals surface area contributed by atoms with Crippen molar-refractivity contribution < 1.29 is 10.0 Å². The van der Waals surface area contributed by atoms with Crippen molar-refractivity contribution in [3.63, 3.8) is 0 Å². The Morgan fingerprint density at radius 2 is 1.67 bits per heavy atom. The van der Waals surface area contributed by atoms with E-state index in [9.17, 15) is 10.0 Å². The van der Waals surface area contributed by atoms with Gasteiger partial charge in [-0.1, -0.05) is 43.7 Å². The Bertz CT molecular complexity index is 485. The molecule has 1 rings (SSSR count). The van der Waals surface area contributed by atoms with E-state index < -0.39 is 5.91 Å². The summed E-state index contributed by atoms with van der Waals surface area (Å²) < 4.78 is 0. The highest BCUT2D eigenvalue weighted by molar-refractivity contribution is 5.94. The lowest BCUT2D eigenvalue weighted by Gasteiger charge is -2.15. The van der Waals surface area contributed by atoms with E-state index in [2.05, 4.69) is 6.57 Å². The molecule has 0 saturated carbocycles. The van der Waals surface area contributed by atoms with Crippen LogP contribution < -0.4 is 0 Å². The molecule has 1 N–H and O–H groups in total. The average Bonchev–Trinajstić information content (AvgIpc) is 2.55. The summed E-state index contributed by atoms with van der Waals surface area (Å²) in [5.74, 6) is -0.434. The highest BCUT2D eigenvalue weighted by Gasteiger charge is 2.15. The van der Waals surface area contributed by atoms with E-state index in [1.165, 1.54) is 0 Å². The summed E-state index contributed by atoms with van der Waals surface area (Å²) in [6.07, 6.45) is 5.11. The summed E-state index contributed by atoms with van der Waals surface area (Å²) in [4.78, 5) is 11.9. The highest BCUT2D eigenvalue weighted by atomic mass is 16.5. The Labute approximate surface area is 127 Å². The quantitative estimate of drug-likeness (QED) is 0.507. The van der Waals surface area contributed by atoms with Gasteiger partial charge in [0.2, 0.25) is 0 Å². The van der Waals surface area contributed by atoms with Gasteiger partial charge < -0.3 is 0 Å². The largest absolute Gasteiger partial charge is 0.281 e. The molecule has 0 radical (unpaired) electrons. The average molecular weight is 288 g/mol. The number of allylic oxidation sites excluding steroid dienone is 3. The van der Waals surface area contributed by atoms with Crippen LogP contribution in [0.1, 0.15) is 43.6 Å². The van der Waals surface area contributed by atoms with E-state index in [4.69, 9.17) is 5.26 Å². The second-order valence-corrected chi connectivity index (χ2v) is 3.70. The van der Waals surface area contributed by atoms with Gasteiger partial charge in [-0.3, -0.25) is 10.0 Å². The Kier molecular flexibility index (Phi) is 12.6. The van der Waals surface area contributed by atoms with Crippen LogP contribution in [-0.4, -0.2) is 16.2 Å². The fourth-order valence-corrected chi connectivity index (χ4v) is 1.40. The number of carbonyl (C=O) groups is 1. The summed E-state index contributed by atoms with van der Waals surface area (Å²) >= 11 is 0. The van der Waals surface area contributed by atoms with E-state index in [0.29, 0.717) is 16.3 Å². The normalized spacial score (nSPS) is 10.0. The molecule has 0 aromatic heterocycles. The van der Waals surface area contributed by atoms with Crippen molar-refractivity contribution in [3.05, 3.63) is 59.3 Å². The van der Waals surface area contributed by atoms with E-state index in [1.807, 2.05) is 39.8 Å². The monoisotopic (exact) mass is 288 g/mol. The van der Waals surface area contributed by atoms with Crippen molar-refractivity contribution in [2.24, 2.45) is 0 Å². The van der Waals surface area contributed by atoms with Crippen LogP contribution in [0.15, 0.2) is 48.2 Å². The Hall–Kier alpha value is -2.38. The molecular formula is C17H24N2O2. The fraction of sp³-hybridized carbons (Fsp3) is 0.294. The number of aryl methyl sites for hydroxylation is 1. The number of benzene rings is 1. The first-order valence-electron chi connectivity index (χ1n) is 6.75. The van der Waals surface area contributed by atoms with Gasteiger partial charge in [-0.05, 0) is 39.0 Å². The third-order valence-electron chi connectivity index (χ3n) is 2.37. The molecule has 1 aromatic carbocycles. The topological polar surface area (TPSA) is 64.3 Å². The van der Waals surface area contributed by atoms with Gasteiger partial charge in [-0.25, -0.2) is 5.26 Å². The molecule has 0 saturated heterocycles. The van der Waals surface area contributed by atoms with Gasteiger partial charge in [0.25, 0.3) is 5.91 Å². The molecular weight excluding hydrogens is 264 g/mol. The van der Waals surface area contributed by atoms with Crippen molar-refractivity contribution in [1.82, 2.24) is 5.06 Å². The van der Waals surface area contributed by atoms with Crippen LogP contribution in [-0.2, 0) is 0 Å². The Morgan fingerprint density at radius 1 is 1.19 bits per heavy atom. The maximum atomic E-state index is 11.9. The molecule has 4 nitrogen and oxygen atoms in total. The molecule has 0 fully saturated rings. The van der Waals surface area contributed by atoms with Gasteiger partial charge in [0.1, 0.15) is 0 Å². The first kappa shape index (κ1) is 20.9. The predicted octanol–water partition coefficient (Wildman–Crippen LogP) is 4.47. The fourth-order valence-electron chi connectivity index (χ4n) is 1.40. The highest BCUT2D eigenvalue weighted by Crippen LogP contribution is 2.11. The molecule has 4 heteroatoms. The van der Waals surface area contributed by atoms with E-state index in [-0.39, 0.29) is 0 Å². The first-order chi connectivity index (χ1) is 10.1. The van der Waals surface area contributed by atoms with Crippen molar-refractivity contribution in [2.75, 3.05) is 0 Å².